The van der Waals surface area contributed by atoms with Crippen LogP contribution in [0.3, 0.4) is 0 Å². The Morgan fingerprint density at radius 2 is 2.05 bits per heavy atom. The van der Waals surface area contributed by atoms with Gasteiger partial charge in [-0.1, -0.05) is 24.3 Å². The molecule has 1 aliphatic carbocycles. The number of carbonyl (C=O) groups excluding carboxylic acids is 1. The molecule has 2 N–H and O–H groups in total. The molecule has 0 heterocycles. The molecule has 2 rings (SSSR count). The van der Waals surface area contributed by atoms with Crippen molar-refractivity contribution in [2.45, 2.75) is 38.8 Å². The van der Waals surface area contributed by atoms with Crippen LogP contribution in [0.4, 0.5) is 8.78 Å². The number of amides is 1. The summed E-state index contributed by atoms with van der Waals surface area (Å²) in [6.07, 6.45) is -3.12. The summed E-state index contributed by atoms with van der Waals surface area (Å²) in [4.78, 5) is 11.9. The molecule has 5 heteroatoms. The third-order valence-corrected chi connectivity index (χ3v) is 3.64. The minimum absolute atomic E-state index is 0.461. The van der Waals surface area contributed by atoms with Crippen molar-refractivity contribution in [3.05, 3.63) is 35.4 Å². The number of halogens is 2. The van der Waals surface area contributed by atoms with Crippen molar-refractivity contribution < 1.29 is 18.7 Å². The summed E-state index contributed by atoms with van der Waals surface area (Å²) in [6.45, 7) is 2.39. The fourth-order valence-corrected chi connectivity index (χ4v) is 2.16. The van der Waals surface area contributed by atoms with E-state index >= 15 is 0 Å². The Bertz CT molecular complexity index is 488. The largest absolute Gasteiger partial charge is 0.386 e. The summed E-state index contributed by atoms with van der Waals surface area (Å²) in [7, 11) is 0. The SMILES string of the molecule is CC(C)(C(=O)N[C@@H]1Cc2ccccc2[C@H]1O)C(F)F. The zero-order valence-corrected chi connectivity index (χ0v) is 10.9. The summed E-state index contributed by atoms with van der Waals surface area (Å²) in [6, 6.07) is 6.75. The van der Waals surface area contributed by atoms with Crippen LogP contribution in [0.5, 0.6) is 0 Å². The lowest BCUT2D eigenvalue weighted by Crippen LogP contribution is -2.47. The highest BCUT2D eigenvalue weighted by Gasteiger charge is 2.41. The fourth-order valence-electron chi connectivity index (χ4n) is 2.16. The van der Waals surface area contributed by atoms with Gasteiger partial charge in [-0.15, -0.1) is 0 Å². The number of aliphatic hydroxyl groups excluding tert-OH is 1. The van der Waals surface area contributed by atoms with Crippen LogP contribution in [-0.2, 0) is 11.2 Å². The molecule has 1 amide bonds. The monoisotopic (exact) mass is 269 g/mol. The van der Waals surface area contributed by atoms with Gasteiger partial charge in [0.25, 0.3) is 6.43 Å². The predicted octanol–water partition coefficient (Wildman–Crippen LogP) is 2.05. The Morgan fingerprint density at radius 1 is 1.42 bits per heavy atom. The maximum Gasteiger partial charge on any atom is 0.252 e. The lowest BCUT2D eigenvalue weighted by molar-refractivity contribution is -0.139. The van der Waals surface area contributed by atoms with Crippen molar-refractivity contribution in [3.8, 4) is 0 Å². The standard InChI is InChI=1S/C14H17F2NO2/c1-14(2,12(15)16)13(19)17-10-7-8-5-3-4-6-9(8)11(10)18/h3-6,10-12,18H,7H2,1-2H3,(H,17,19)/t10-,11-/m1/s1. The molecule has 0 spiro atoms. The number of fused-ring (bicyclic) bond motifs is 1. The van der Waals surface area contributed by atoms with Gasteiger partial charge in [0.1, 0.15) is 5.41 Å². The molecule has 1 aromatic carbocycles. The van der Waals surface area contributed by atoms with E-state index in [2.05, 4.69) is 5.32 Å². The van der Waals surface area contributed by atoms with E-state index in [0.717, 1.165) is 11.1 Å². The van der Waals surface area contributed by atoms with Crippen molar-refractivity contribution in [1.29, 1.82) is 0 Å². The molecule has 19 heavy (non-hydrogen) atoms. The molecular weight excluding hydrogens is 252 g/mol. The highest BCUT2D eigenvalue weighted by Crippen LogP contribution is 2.32. The second-order valence-corrected chi connectivity index (χ2v) is 5.45. The van der Waals surface area contributed by atoms with E-state index in [1.54, 1.807) is 12.1 Å². The summed E-state index contributed by atoms with van der Waals surface area (Å²) in [5.41, 5.74) is -0.0630. The van der Waals surface area contributed by atoms with E-state index in [0.29, 0.717) is 6.42 Å². The molecule has 3 nitrogen and oxygen atoms in total. The number of carbonyl (C=O) groups is 1. The second-order valence-electron chi connectivity index (χ2n) is 5.45. The minimum Gasteiger partial charge on any atom is -0.386 e. The van der Waals surface area contributed by atoms with Gasteiger partial charge in [-0.05, 0) is 31.4 Å². The maximum atomic E-state index is 12.8. The third-order valence-electron chi connectivity index (χ3n) is 3.64. The number of nitrogens with one attached hydrogen (secondary N) is 1. The molecule has 0 unspecified atom stereocenters. The van der Waals surface area contributed by atoms with Crippen LogP contribution in [0.15, 0.2) is 24.3 Å². The topological polar surface area (TPSA) is 49.3 Å². The lowest BCUT2D eigenvalue weighted by Gasteiger charge is -2.26. The van der Waals surface area contributed by atoms with Crippen LogP contribution >= 0.6 is 0 Å². The average Bonchev–Trinajstić information content (AvgIpc) is 2.67. The molecule has 1 aromatic rings. The summed E-state index contributed by atoms with van der Waals surface area (Å²) in [5.74, 6) is -0.737. The third kappa shape index (κ3) is 2.47. The van der Waals surface area contributed by atoms with Gasteiger partial charge in [-0.25, -0.2) is 8.78 Å². The first-order valence-electron chi connectivity index (χ1n) is 6.19. The highest BCUT2D eigenvalue weighted by molar-refractivity contribution is 5.82. The predicted molar refractivity (Wildman–Crippen MR) is 66.8 cm³/mol. The Kier molecular flexibility index (Phi) is 3.58. The normalized spacial score (nSPS) is 22.4. The van der Waals surface area contributed by atoms with Crippen LogP contribution < -0.4 is 5.32 Å². The summed E-state index contributed by atoms with van der Waals surface area (Å²) >= 11 is 0. The first-order valence-corrected chi connectivity index (χ1v) is 6.19. The van der Waals surface area contributed by atoms with Crippen molar-refractivity contribution in [2.24, 2.45) is 5.41 Å². The molecular formula is C14H17F2NO2. The van der Waals surface area contributed by atoms with Gasteiger partial charge < -0.3 is 10.4 Å². The highest BCUT2D eigenvalue weighted by atomic mass is 19.3. The maximum absolute atomic E-state index is 12.8. The van der Waals surface area contributed by atoms with Gasteiger partial charge in [0, 0.05) is 0 Å². The van der Waals surface area contributed by atoms with E-state index < -0.39 is 29.9 Å². The molecule has 0 aromatic heterocycles. The van der Waals surface area contributed by atoms with Crippen LogP contribution in [0.25, 0.3) is 0 Å². The van der Waals surface area contributed by atoms with E-state index in [-0.39, 0.29) is 0 Å². The molecule has 0 fully saturated rings. The van der Waals surface area contributed by atoms with Crippen molar-refractivity contribution in [1.82, 2.24) is 5.32 Å². The number of aliphatic hydroxyl groups is 1. The lowest BCUT2D eigenvalue weighted by atomic mass is 9.92. The van der Waals surface area contributed by atoms with Gasteiger partial charge in [0.2, 0.25) is 5.91 Å². The van der Waals surface area contributed by atoms with Gasteiger partial charge in [0.05, 0.1) is 12.1 Å². The van der Waals surface area contributed by atoms with E-state index in [1.165, 1.54) is 13.8 Å². The Hall–Kier alpha value is -1.49. The van der Waals surface area contributed by atoms with Crippen LogP contribution in [0.2, 0.25) is 0 Å². The number of alkyl halides is 2. The first-order chi connectivity index (χ1) is 8.84. The Balaban J connectivity index is 2.09. The molecule has 0 aliphatic heterocycles. The van der Waals surface area contributed by atoms with Crippen LogP contribution in [0, 0.1) is 5.41 Å². The molecule has 0 saturated heterocycles. The number of benzene rings is 1. The number of rotatable bonds is 3. The van der Waals surface area contributed by atoms with Gasteiger partial charge >= 0.3 is 0 Å². The van der Waals surface area contributed by atoms with Crippen LogP contribution in [0.1, 0.15) is 31.1 Å². The molecule has 104 valence electrons. The van der Waals surface area contributed by atoms with Crippen LogP contribution in [-0.4, -0.2) is 23.5 Å². The number of hydrogen-bond acceptors (Lipinski definition) is 2. The zero-order chi connectivity index (χ0) is 14.2. The van der Waals surface area contributed by atoms with E-state index in [9.17, 15) is 18.7 Å². The molecule has 0 saturated carbocycles. The molecule has 0 bridgehead atoms. The van der Waals surface area contributed by atoms with Crippen molar-refractivity contribution >= 4 is 5.91 Å². The Morgan fingerprint density at radius 3 is 2.63 bits per heavy atom. The van der Waals surface area contributed by atoms with E-state index in [4.69, 9.17) is 0 Å². The van der Waals surface area contributed by atoms with Gasteiger partial charge in [-0.2, -0.15) is 0 Å². The second kappa shape index (κ2) is 4.89. The average molecular weight is 269 g/mol. The molecule has 0 radical (unpaired) electrons. The molecule has 1 aliphatic rings. The number of hydrogen-bond donors (Lipinski definition) is 2. The summed E-state index contributed by atoms with van der Waals surface area (Å²) in [5, 5.41) is 12.6. The van der Waals surface area contributed by atoms with Crippen molar-refractivity contribution in [3.63, 3.8) is 0 Å². The Labute approximate surface area is 110 Å². The van der Waals surface area contributed by atoms with Gasteiger partial charge in [-0.3, -0.25) is 4.79 Å². The van der Waals surface area contributed by atoms with E-state index in [1.807, 2.05) is 12.1 Å². The summed E-state index contributed by atoms with van der Waals surface area (Å²) < 4.78 is 25.5. The minimum atomic E-state index is -2.74. The fraction of sp³-hybridized carbons (Fsp3) is 0.500. The smallest absolute Gasteiger partial charge is 0.252 e. The zero-order valence-electron chi connectivity index (χ0n) is 10.9. The van der Waals surface area contributed by atoms with Crippen molar-refractivity contribution in [2.75, 3.05) is 0 Å². The quantitative estimate of drug-likeness (QED) is 0.882. The first kappa shape index (κ1) is 13.9. The van der Waals surface area contributed by atoms with Gasteiger partial charge in [0.15, 0.2) is 0 Å². The molecule has 2 atom stereocenters.